The van der Waals surface area contributed by atoms with E-state index in [-0.39, 0.29) is 29.3 Å². The van der Waals surface area contributed by atoms with Crippen molar-refractivity contribution in [3.05, 3.63) is 64.5 Å². The van der Waals surface area contributed by atoms with Crippen LogP contribution >= 0.6 is 0 Å². The van der Waals surface area contributed by atoms with E-state index in [1.165, 1.54) is 12.1 Å². The topological polar surface area (TPSA) is 35.5 Å². The number of carbonyl (C=O) groups excluding carboxylic acids is 1. The number of hydrogen-bond acceptors (Lipinski definition) is 3. The van der Waals surface area contributed by atoms with Gasteiger partial charge in [0.15, 0.2) is 23.2 Å². The largest absolute Gasteiger partial charge is 0.491 e. The van der Waals surface area contributed by atoms with Crippen molar-refractivity contribution in [2.24, 2.45) is 5.92 Å². The van der Waals surface area contributed by atoms with Crippen molar-refractivity contribution in [1.29, 1.82) is 0 Å². The fourth-order valence-electron chi connectivity index (χ4n) is 5.56. The molecule has 2 aromatic carbocycles. The summed E-state index contributed by atoms with van der Waals surface area (Å²) in [5.41, 5.74) is 1.07. The van der Waals surface area contributed by atoms with E-state index >= 15 is 4.39 Å². The minimum Gasteiger partial charge on any atom is -0.491 e. The smallest absolute Gasteiger partial charge is 0.338 e. The molecule has 6 heteroatoms. The van der Waals surface area contributed by atoms with Gasteiger partial charge in [-0.1, -0.05) is 45.2 Å². The first-order valence-corrected chi connectivity index (χ1v) is 13.5. The van der Waals surface area contributed by atoms with E-state index in [9.17, 15) is 13.6 Å². The Bertz CT molecular complexity index is 1040. The highest BCUT2D eigenvalue weighted by atomic mass is 19.2. The van der Waals surface area contributed by atoms with Gasteiger partial charge in [-0.25, -0.2) is 18.0 Å². The molecule has 0 aliphatic heterocycles. The molecule has 2 fully saturated rings. The lowest BCUT2D eigenvalue weighted by molar-refractivity contribution is 0.0193. The highest BCUT2D eigenvalue weighted by Crippen LogP contribution is 2.40. The van der Waals surface area contributed by atoms with Crippen molar-refractivity contribution >= 4 is 5.97 Å². The minimum atomic E-state index is -0.719. The fourth-order valence-corrected chi connectivity index (χ4v) is 5.56. The first-order valence-electron chi connectivity index (χ1n) is 13.5. The Morgan fingerprint density at radius 1 is 0.861 bits per heavy atom. The molecule has 0 spiro atoms. The zero-order chi connectivity index (χ0) is 25.7. The molecule has 4 rings (SSSR count). The molecule has 0 amide bonds. The lowest BCUT2D eigenvalue weighted by atomic mass is 9.77. The Labute approximate surface area is 212 Å². The summed E-state index contributed by atoms with van der Waals surface area (Å²) in [6.45, 7) is 4.66. The third-order valence-electron chi connectivity index (χ3n) is 7.91. The summed E-state index contributed by atoms with van der Waals surface area (Å²) in [7, 11) is 0. The Balaban J connectivity index is 1.32. The molecular formula is C30H37F3O3. The summed E-state index contributed by atoms with van der Waals surface area (Å²) >= 11 is 0. The zero-order valence-electron chi connectivity index (χ0n) is 21.3. The van der Waals surface area contributed by atoms with E-state index < -0.39 is 23.4 Å². The lowest BCUT2D eigenvalue weighted by Gasteiger charge is -2.30. The van der Waals surface area contributed by atoms with Gasteiger partial charge in [-0.3, -0.25) is 0 Å². The third kappa shape index (κ3) is 6.24. The summed E-state index contributed by atoms with van der Waals surface area (Å²) in [5.74, 6) is -1.81. The summed E-state index contributed by atoms with van der Waals surface area (Å²) in [6.07, 6.45) is 7.69. The number of rotatable bonds is 8. The maximum atomic E-state index is 15.1. The van der Waals surface area contributed by atoms with E-state index in [1.807, 2.05) is 6.92 Å². The minimum absolute atomic E-state index is 0.0988. The van der Waals surface area contributed by atoms with E-state index in [1.54, 1.807) is 12.1 Å². The monoisotopic (exact) mass is 502 g/mol. The summed E-state index contributed by atoms with van der Waals surface area (Å²) in [6, 6.07) is 7.64. The van der Waals surface area contributed by atoms with Crippen LogP contribution in [0, 0.1) is 23.4 Å². The first kappa shape index (κ1) is 26.6. The second-order valence-corrected chi connectivity index (χ2v) is 10.6. The number of carbonyl (C=O) groups is 1. The van der Waals surface area contributed by atoms with E-state index in [0.717, 1.165) is 44.6 Å². The van der Waals surface area contributed by atoms with Crippen LogP contribution in [-0.4, -0.2) is 18.7 Å². The van der Waals surface area contributed by atoms with Gasteiger partial charge >= 0.3 is 5.97 Å². The highest BCUT2D eigenvalue weighted by molar-refractivity contribution is 5.89. The Kier molecular flexibility index (Phi) is 8.97. The molecule has 0 saturated heterocycles. The second-order valence-electron chi connectivity index (χ2n) is 10.6. The van der Waals surface area contributed by atoms with Crippen LogP contribution < -0.4 is 4.74 Å². The molecule has 0 unspecified atom stereocenters. The van der Waals surface area contributed by atoms with Crippen LogP contribution in [0.15, 0.2) is 30.3 Å². The number of halogens is 3. The summed E-state index contributed by atoms with van der Waals surface area (Å²) in [5, 5.41) is 0. The molecule has 2 aliphatic carbocycles. The second kappa shape index (κ2) is 12.2. The van der Waals surface area contributed by atoms with Gasteiger partial charge in [0.1, 0.15) is 6.10 Å². The predicted octanol–water partition coefficient (Wildman–Crippen LogP) is 8.46. The predicted molar refractivity (Wildman–Crippen MR) is 134 cm³/mol. The van der Waals surface area contributed by atoms with Gasteiger partial charge < -0.3 is 9.47 Å². The van der Waals surface area contributed by atoms with Gasteiger partial charge in [0, 0.05) is 0 Å². The molecule has 0 radical (unpaired) electrons. The van der Waals surface area contributed by atoms with Crippen LogP contribution in [0.5, 0.6) is 5.75 Å². The fraction of sp³-hybridized carbons (Fsp3) is 0.567. The van der Waals surface area contributed by atoms with Crippen molar-refractivity contribution < 1.29 is 27.4 Å². The average molecular weight is 503 g/mol. The quantitative estimate of drug-likeness (QED) is 0.268. The Morgan fingerprint density at radius 2 is 1.44 bits per heavy atom. The molecule has 2 aromatic rings. The van der Waals surface area contributed by atoms with Crippen molar-refractivity contribution in [3.8, 4) is 5.75 Å². The summed E-state index contributed by atoms with van der Waals surface area (Å²) in [4.78, 5) is 12.6. The Morgan fingerprint density at radius 3 is 2.00 bits per heavy atom. The molecule has 0 bridgehead atoms. The molecule has 2 aliphatic rings. The highest BCUT2D eigenvalue weighted by Gasteiger charge is 2.30. The molecular weight excluding hydrogens is 465 g/mol. The molecule has 0 N–H and O–H groups in total. The van der Waals surface area contributed by atoms with Crippen molar-refractivity contribution in [2.45, 2.75) is 96.0 Å². The molecule has 3 nitrogen and oxygen atoms in total. The molecule has 0 atom stereocenters. The molecule has 0 aromatic heterocycles. The van der Waals surface area contributed by atoms with Crippen LogP contribution in [0.4, 0.5) is 13.2 Å². The molecule has 0 heterocycles. The third-order valence-corrected chi connectivity index (χ3v) is 7.91. The van der Waals surface area contributed by atoms with E-state index in [2.05, 4.69) is 6.92 Å². The maximum absolute atomic E-state index is 15.1. The number of benzene rings is 2. The number of hydrogen-bond donors (Lipinski definition) is 0. The SMILES string of the molecule is CCCCOc1ccc(C(=O)OC2CCC(c3ccc(C4CCC(C)CC4)c(F)c3F)CC2)cc1F. The van der Waals surface area contributed by atoms with E-state index in [4.69, 9.17) is 9.47 Å². The molecule has 36 heavy (non-hydrogen) atoms. The van der Waals surface area contributed by atoms with Crippen LogP contribution in [0.3, 0.4) is 0 Å². The van der Waals surface area contributed by atoms with Crippen molar-refractivity contribution in [3.63, 3.8) is 0 Å². The van der Waals surface area contributed by atoms with Crippen LogP contribution in [-0.2, 0) is 4.74 Å². The van der Waals surface area contributed by atoms with Gasteiger partial charge in [0.2, 0.25) is 0 Å². The number of unbranched alkanes of at least 4 members (excludes halogenated alkanes) is 1. The van der Waals surface area contributed by atoms with Crippen molar-refractivity contribution in [1.82, 2.24) is 0 Å². The number of ether oxygens (including phenoxy) is 2. The van der Waals surface area contributed by atoms with Gasteiger partial charge in [-0.2, -0.15) is 0 Å². The van der Waals surface area contributed by atoms with Crippen molar-refractivity contribution in [2.75, 3.05) is 6.61 Å². The Hall–Kier alpha value is -2.50. The van der Waals surface area contributed by atoms with Gasteiger partial charge in [0.25, 0.3) is 0 Å². The van der Waals surface area contributed by atoms with Crippen LogP contribution in [0.25, 0.3) is 0 Å². The molecule has 2 saturated carbocycles. The van der Waals surface area contributed by atoms with Gasteiger partial charge in [-0.05, 0) is 92.0 Å². The van der Waals surface area contributed by atoms with Gasteiger partial charge in [0.05, 0.1) is 12.2 Å². The van der Waals surface area contributed by atoms with Crippen LogP contribution in [0.1, 0.15) is 111 Å². The maximum Gasteiger partial charge on any atom is 0.338 e. The average Bonchev–Trinajstić information content (AvgIpc) is 2.88. The molecule has 196 valence electrons. The summed E-state index contributed by atoms with van der Waals surface area (Å²) < 4.78 is 55.4. The standard InChI is InChI=1S/C30H37F3O3/c1-3-4-17-35-27-16-11-22(18-26(27)31)30(34)36-23-12-9-21(10-13-23)25-15-14-24(28(32)29(25)33)20-7-5-19(2)6-8-20/h11,14-16,18-21,23H,3-10,12-13,17H2,1-2H3. The lowest BCUT2D eigenvalue weighted by Crippen LogP contribution is -2.24. The van der Waals surface area contributed by atoms with E-state index in [0.29, 0.717) is 49.3 Å². The van der Waals surface area contributed by atoms with Crippen LogP contribution in [0.2, 0.25) is 0 Å². The zero-order valence-corrected chi connectivity index (χ0v) is 21.3. The van der Waals surface area contributed by atoms with Gasteiger partial charge in [-0.15, -0.1) is 0 Å². The first-order chi connectivity index (χ1) is 17.4. The normalized spacial score (nSPS) is 24.4. The number of esters is 1.